The fourth-order valence-corrected chi connectivity index (χ4v) is 3.75. The molecule has 0 atom stereocenters. The van der Waals surface area contributed by atoms with Gasteiger partial charge in [-0.3, -0.25) is 0 Å². The van der Waals surface area contributed by atoms with Crippen molar-refractivity contribution in [2.24, 2.45) is 7.05 Å². The first-order valence-electron chi connectivity index (χ1n) is 6.80. The highest BCUT2D eigenvalue weighted by atomic mass is 32.2. The molecule has 0 radical (unpaired) electrons. The Kier molecular flexibility index (Phi) is 4.17. The van der Waals surface area contributed by atoms with Crippen LogP contribution < -0.4 is 0 Å². The lowest BCUT2D eigenvalue weighted by Crippen LogP contribution is -2.22. The molecule has 2 heterocycles. The molecule has 7 nitrogen and oxygen atoms in total. The third kappa shape index (κ3) is 3.12. The molecule has 0 spiro atoms. The summed E-state index contributed by atoms with van der Waals surface area (Å²) in [5, 5.41) is 0.488. The molecule has 0 N–H and O–H groups in total. The first kappa shape index (κ1) is 16.0. The number of imidazole rings is 1. The molecule has 2 aromatic heterocycles. The lowest BCUT2D eigenvalue weighted by Gasteiger charge is -2.10. The van der Waals surface area contributed by atoms with Crippen molar-refractivity contribution in [2.45, 2.75) is 15.9 Å². The van der Waals surface area contributed by atoms with Crippen LogP contribution >= 0.6 is 11.8 Å². The third-order valence-corrected chi connectivity index (χ3v) is 6.00. The molecule has 3 rings (SSSR count). The normalized spacial score (nSPS) is 12.3. The minimum Gasteiger partial charge on any atom is -0.431 e. The summed E-state index contributed by atoms with van der Waals surface area (Å²) in [6, 6.07) is 4.68. The van der Waals surface area contributed by atoms with Crippen molar-refractivity contribution in [3.8, 4) is 0 Å². The summed E-state index contributed by atoms with van der Waals surface area (Å²) in [7, 11) is 1.44. The second kappa shape index (κ2) is 5.99. The summed E-state index contributed by atoms with van der Waals surface area (Å²) in [6.45, 7) is 0. The first-order valence-corrected chi connectivity index (χ1v) is 9.22. The highest BCUT2D eigenvalue weighted by Crippen LogP contribution is 2.27. The fraction of sp³-hybridized carbons (Fsp3) is 0.286. The van der Waals surface area contributed by atoms with Gasteiger partial charge in [0.2, 0.25) is 10.0 Å². The Morgan fingerprint density at radius 1 is 1.35 bits per heavy atom. The van der Waals surface area contributed by atoms with Crippen molar-refractivity contribution in [1.29, 1.82) is 0 Å². The van der Waals surface area contributed by atoms with Crippen LogP contribution in [0.5, 0.6) is 0 Å². The average Bonchev–Trinajstić information content (AvgIpc) is 3.09. The van der Waals surface area contributed by atoms with Crippen molar-refractivity contribution in [2.75, 3.05) is 14.1 Å². The Labute approximate surface area is 138 Å². The van der Waals surface area contributed by atoms with Crippen LogP contribution in [-0.4, -0.2) is 41.4 Å². The molecule has 122 valence electrons. The summed E-state index contributed by atoms with van der Waals surface area (Å²) in [4.78, 5) is 8.79. The van der Waals surface area contributed by atoms with E-state index < -0.39 is 10.0 Å². The van der Waals surface area contributed by atoms with E-state index in [2.05, 4.69) is 9.97 Å². The minimum atomic E-state index is -3.48. The van der Waals surface area contributed by atoms with Gasteiger partial charge in [0, 0.05) is 33.5 Å². The van der Waals surface area contributed by atoms with Crippen LogP contribution in [0.25, 0.3) is 11.1 Å². The SMILES string of the molecule is CN(C)S(=O)(=O)c1ccc2oc(SCc3nccn3C)nc2c1. The van der Waals surface area contributed by atoms with Gasteiger partial charge in [0.25, 0.3) is 5.22 Å². The van der Waals surface area contributed by atoms with E-state index in [9.17, 15) is 8.42 Å². The lowest BCUT2D eigenvalue weighted by molar-refractivity contribution is 0.489. The van der Waals surface area contributed by atoms with E-state index in [-0.39, 0.29) is 4.90 Å². The van der Waals surface area contributed by atoms with Crippen LogP contribution in [0.4, 0.5) is 0 Å². The Hall–Kier alpha value is -1.84. The van der Waals surface area contributed by atoms with Gasteiger partial charge in [-0.15, -0.1) is 0 Å². The monoisotopic (exact) mass is 352 g/mol. The molecule has 3 aromatic rings. The Balaban J connectivity index is 1.86. The molecule has 0 aliphatic carbocycles. The van der Waals surface area contributed by atoms with Crippen molar-refractivity contribution in [1.82, 2.24) is 18.8 Å². The maximum Gasteiger partial charge on any atom is 0.257 e. The summed E-state index contributed by atoms with van der Waals surface area (Å²) in [6.07, 6.45) is 3.61. The Morgan fingerprint density at radius 2 is 2.13 bits per heavy atom. The van der Waals surface area contributed by atoms with Gasteiger partial charge in [0.15, 0.2) is 5.58 Å². The molecule has 9 heteroatoms. The zero-order chi connectivity index (χ0) is 16.6. The topological polar surface area (TPSA) is 81.2 Å². The van der Waals surface area contributed by atoms with Crippen LogP contribution in [-0.2, 0) is 22.8 Å². The zero-order valence-corrected chi connectivity index (χ0v) is 14.6. The smallest absolute Gasteiger partial charge is 0.257 e. The first-order chi connectivity index (χ1) is 10.9. The number of oxazole rings is 1. The Bertz CT molecular complexity index is 944. The highest BCUT2D eigenvalue weighted by molar-refractivity contribution is 7.98. The summed E-state index contributed by atoms with van der Waals surface area (Å²) < 4.78 is 33.0. The predicted molar refractivity (Wildman–Crippen MR) is 87.7 cm³/mol. The molecule has 0 aliphatic heterocycles. The molecule has 1 aromatic carbocycles. The van der Waals surface area contributed by atoms with Crippen LogP contribution in [0.2, 0.25) is 0 Å². The summed E-state index contributed by atoms with van der Waals surface area (Å²) in [5.74, 6) is 1.53. The second-order valence-electron chi connectivity index (χ2n) is 5.14. The van der Waals surface area contributed by atoms with E-state index in [4.69, 9.17) is 4.42 Å². The standard InChI is InChI=1S/C14H16N4O3S2/c1-17(2)23(19,20)10-4-5-12-11(8-10)16-14(21-12)22-9-13-15-6-7-18(13)3/h4-8H,9H2,1-3H3. The zero-order valence-electron chi connectivity index (χ0n) is 12.9. The van der Waals surface area contributed by atoms with Gasteiger partial charge in [0.05, 0.1) is 10.6 Å². The van der Waals surface area contributed by atoms with Crippen LogP contribution in [0.3, 0.4) is 0 Å². The molecule has 0 unspecified atom stereocenters. The number of aromatic nitrogens is 3. The number of thioether (sulfide) groups is 1. The van der Waals surface area contributed by atoms with E-state index in [0.29, 0.717) is 22.1 Å². The van der Waals surface area contributed by atoms with E-state index >= 15 is 0 Å². The van der Waals surface area contributed by atoms with E-state index in [1.54, 1.807) is 12.3 Å². The number of rotatable bonds is 5. The highest BCUT2D eigenvalue weighted by Gasteiger charge is 2.19. The van der Waals surface area contributed by atoms with Crippen molar-refractivity contribution in [3.63, 3.8) is 0 Å². The molecule has 0 saturated carbocycles. The number of benzene rings is 1. The van der Waals surface area contributed by atoms with Gasteiger partial charge >= 0.3 is 0 Å². The third-order valence-electron chi connectivity index (χ3n) is 3.36. The largest absolute Gasteiger partial charge is 0.431 e. The van der Waals surface area contributed by atoms with Gasteiger partial charge in [0.1, 0.15) is 11.3 Å². The maximum absolute atomic E-state index is 12.2. The van der Waals surface area contributed by atoms with E-state index in [0.717, 1.165) is 5.82 Å². The van der Waals surface area contributed by atoms with Crippen LogP contribution in [0.1, 0.15) is 5.82 Å². The average molecular weight is 352 g/mol. The summed E-state index contributed by atoms with van der Waals surface area (Å²) in [5.41, 5.74) is 1.08. The van der Waals surface area contributed by atoms with Gasteiger partial charge < -0.3 is 8.98 Å². The van der Waals surface area contributed by atoms with Crippen LogP contribution in [0, 0.1) is 0 Å². The maximum atomic E-state index is 12.2. The van der Waals surface area contributed by atoms with Crippen molar-refractivity contribution in [3.05, 3.63) is 36.4 Å². The molecule has 0 aliphatic rings. The number of hydrogen-bond acceptors (Lipinski definition) is 6. The van der Waals surface area contributed by atoms with Crippen molar-refractivity contribution >= 4 is 32.9 Å². The van der Waals surface area contributed by atoms with Gasteiger partial charge in [-0.25, -0.2) is 22.7 Å². The molecular formula is C14H16N4O3S2. The fourth-order valence-electron chi connectivity index (χ4n) is 1.98. The molecule has 0 saturated heterocycles. The number of aryl methyl sites for hydroxylation is 1. The lowest BCUT2D eigenvalue weighted by atomic mass is 10.3. The molecule has 0 bridgehead atoms. The number of sulfonamides is 1. The number of nitrogens with zero attached hydrogens (tertiary/aromatic N) is 4. The second-order valence-corrected chi connectivity index (χ2v) is 8.22. The molecule has 0 amide bonds. The van der Waals surface area contributed by atoms with E-state index in [1.165, 1.54) is 42.3 Å². The van der Waals surface area contributed by atoms with Crippen LogP contribution in [0.15, 0.2) is 45.1 Å². The summed E-state index contributed by atoms with van der Waals surface area (Å²) >= 11 is 1.42. The number of hydrogen-bond donors (Lipinski definition) is 0. The predicted octanol–water partition coefficient (Wildman–Crippen LogP) is 2.10. The minimum absolute atomic E-state index is 0.198. The van der Waals surface area contributed by atoms with Gasteiger partial charge in [-0.2, -0.15) is 0 Å². The van der Waals surface area contributed by atoms with Crippen molar-refractivity contribution < 1.29 is 12.8 Å². The Morgan fingerprint density at radius 3 is 2.78 bits per heavy atom. The van der Waals surface area contributed by atoms with Gasteiger partial charge in [-0.05, 0) is 18.2 Å². The molecule has 0 fully saturated rings. The van der Waals surface area contributed by atoms with Gasteiger partial charge in [-0.1, -0.05) is 11.8 Å². The number of fused-ring (bicyclic) bond motifs is 1. The quantitative estimate of drug-likeness (QED) is 0.654. The van der Waals surface area contributed by atoms with E-state index in [1.807, 2.05) is 17.8 Å². The molecular weight excluding hydrogens is 336 g/mol. The molecule has 23 heavy (non-hydrogen) atoms.